The summed E-state index contributed by atoms with van der Waals surface area (Å²) in [6, 6.07) is 6.10. The molecule has 0 atom stereocenters. The molecule has 1 aliphatic rings. The fraction of sp³-hybridized carbons (Fsp3) is 0.400. The van der Waals surface area contributed by atoms with Gasteiger partial charge in [-0.25, -0.2) is 4.98 Å². The lowest BCUT2D eigenvalue weighted by atomic mass is 10.1. The largest absolute Gasteiger partial charge is 0.368 e. The highest BCUT2D eigenvalue weighted by atomic mass is 35.5. The van der Waals surface area contributed by atoms with E-state index >= 15 is 0 Å². The van der Waals surface area contributed by atoms with Gasteiger partial charge in [-0.05, 0) is 30.7 Å². The average Bonchev–Trinajstić information content (AvgIpc) is 3.04. The van der Waals surface area contributed by atoms with Gasteiger partial charge in [-0.2, -0.15) is 0 Å². The van der Waals surface area contributed by atoms with Crippen molar-refractivity contribution >= 4 is 33.8 Å². The molecule has 21 heavy (non-hydrogen) atoms. The second-order valence-electron chi connectivity index (χ2n) is 5.10. The van der Waals surface area contributed by atoms with Gasteiger partial charge in [-0.3, -0.25) is 0 Å². The number of rotatable bonds is 4. The van der Waals surface area contributed by atoms with Gasteiger partial charge in [0.1, 0.15) is 0 Å². The van der Waals surface area contributed by atoms with E-state index in [-0.39, 0.29) is 0 Å². The van der Waals surface area contributed by atoms with Gasteiger partial charge < -0.3 is 15.5 Å². The van der Waals surface area contributed by atoms with Crippen LogP contribution in [-0.2, 0) is 6.42 Å². The number of nitrogens with two attached hydrogens (primary N) is 1. The van der Waals surface area contributed by atoms with Crippen LogP contribution < -0.4 is 15.5 Å². The summed E-state index contributed by atoms with van der Waals surface area (Å²) in [4.78, 5) is 9.13. The Kier molecular flexibility index (Phi) is 4.63. The summed E-state index contributed by atoms with van der Waals surface area (Å²) >= 11 is 7.87. The number of nitrogens with zero attached hydrogens (tertiary/aromatic N) is 3. The standard InChI is InChI=1S/C15H19ClN4S/c16-13-2-1-12(3-4-17)14(11-13)19-6-8-20(9-7-19)15-18-5-10-21-15/h1-2,5,10-11H,3-4,6-9,17H2. The molecule has 0 saturated carbocycles. The molecule has 2 N–H and O–H groups in total. The molecule has 1 aromatic carbocycles. The molecule has 3 rings (SSSR count). The van der Waals surface area contributed by atoms with Crippen LogP contribution in [0, 0.1) is 0 Å². The van der Waals surface area contributed by atoms with Crippen molar-refractivity contribution in [1.29, 1.82) is 0 Å². The van der Waals surface area contributed by atoms with E-state index in [1.807, 2.05) is 17.6 Å². The van der Waals surface area contributed by atoms with Gasteiger partial charge in [0.05, 0.1) is 0 Å². The fourth-order valence-electron chi connectivity index (χ4n) is 2.71. The Morgan fingerprint density at radius 2 is 1.95 bits per heavy atom. The number of thiazole rings is 1. The monoisotopic (exact) mass is 322 g/mol. The molecule has 1 aliphatic heterocycles. The number of halogens is 1. The van der Waals surface area contributed by atoms with Crippen LogP contribution in [0.15, 0.2) is 29.8 Å². The van der Waals surface area contributed by atoms with Gasteiger partial charge in [0, 0.05) is 48.5 Å². The first-order chi connectivity index (χ1) is 10.3. The molecular weight excluding hydrogens is 304 g/mol. The topological polar surface area (TPSA) is 45.4 Å². The molecule has 0 radical (unpaired) electrons. The van der Waals surface area contributed by atoms with Gasteiger partial charge in [0.2, 0.25) is 0 Å². The van der Waals surface area contributed by atoms with Crippen molar-refractivity contribution in [3.05, 3.63) is 40.4 Å². The van der Waals surface area contributed by atoms with E-state index in [0.717, 1.165) is 42.8 Å². The molecule has 1 saturated heterocycles. The van der Waals surface area contributed by atoms with Crippen LogP contribution >= 0.6 is 22.9 Å². The third kappa shape index (κ3) is 3.31. The molecule has 2 heterocycles. The van der Waals surface area contributed by atoms with Crippen LogP contribution in [0.2, 0.25) is 5.02 Å². The van der Waals surface area contributed by atoms with Crippen LogP contribution in [-0.4, -0.2) is 37.7 Å². The summed E-state index contributed by atoms with van der Waals surface area (Å²) in [5, 5.41) is 3.92. The quantitative estimate of drug-likeness (QED) is 0.940. The van der Waals surface area contributed by atoms with Gasteiger partial charge in [-0.1, -0.05) is 17.7 Å². The Bertz CT molecular complexity index is 579. The number of anilines is 2. The summed E-state index contributed by atoms with van der Waals surface area (Å²) in [5.74, 6) is 0. The lowest BCUT2D eigenvalue weighted by Crippen LogP contribution is -2.46. The van der Waals surface area contributed by atoms with Crippen molar-refractivity contribution < 1.29 is 0 Å². The Balaban J connectivity index is 1.73. The predicted octanol–water partition coefficient (Wildman–Crippen LogP) is 2.62. The highest BCUT2D eigenvalue weighted by Gasteiger charge is 2.20. The van der Waals surface area contributed by atoms with Gasteiger partial charge in [-0.15, -0.1) is 11.3 Å². The lowest BCUT2D eigenvalue weighted by Gasteiger charge is -2.37. The van der Waals surface area contributed by atoms with Gasteiger partial charge in [0.15, 0.2) is 5.13 Å². The van der Waals surface area contributed by atoms with E-state index in [0.29, 0.717) is 6.54 Å². The molecule has 0 unspecified atom stereocenters. The first-order valence-electron chi connectivity index (χ1n) is 7.16. The Hall–Kier alpha value is -1.30. The lowest BCUT2D eigenvalue weighted by molar-refractivity contribution is 0.649. The van der Waals surface area contributed by atoms with E-state index in [2.05, 4.69) is 26.9 Å². The van der Waals surface area contributed by atoms with Crippen LogP contribution in [0.1, 0.15) is 5.56 Å². The number of hydrogen-bond acceptors (Lipinski definition) is 5. The van der Waals surface area contributed by atoms with Crippen molar-refractivity contribution in [1.82, 2.24) is 4.98 Å². The molecule has 0 bridgehead atoms. The van der Waals surface area contributed by atoms with Crippen molar-refractivity contribution in [3.63, 3.8) is 0 Å². The van der Waals surface area contributed by atoms with Gasteiger partial charge in [0.25, 0.3) is 0 Å². The molecular formula is C15H19ClN4S. The first kappa shape index (κ1) is 14.6. The molecule has 112 valence electrons. The fourth-order valence-corrected chi connectivity index (χ4v) is 3.57. The molecule has 0 amide bonds. The zero-order chi connectivity index (χ0) is 14.7. The molecule has 1 fully saturated rings. The average molecular weight is 323 g/mol. The minimum absolute atomic E-state index is 0.660. The highest BCUT2D eigenvalue weighted by molar-refractivity contribution is 7.13. The van der Waals surface area contributed by atoms with E-state index in [9.17, 15) is 0 Å². The minimum Gasteiger partial charge on any atom is -0.368 e. The summed E-state index contributed by atoms with van der Waals surface area (Å²) in [6.45, 7) is 4.60. The zero-order valence-electron chi connectivity index (χ0n) is 11.8. The SMILES string of the molecule is NCCc1ccc(Cl)cc1N1CCN(c2nccs2)CC1. The smallest absolute Gasteiger partial charge is 0.185 e. The summed E-state index contributed by atoms with van der Waals surface area (Å²) in [6.07, 6.45) is 2.75. The maximum atomic E-state index is 6.17. The van der Waals surface area contributed by atoms with Crippen LogP contribution in [0.4, 0.5) is 10.8 Å². The van der Waals surface area contributed by atoms with E-state index in [4.69, 9.17) is 17.3 Å². The number of hydrogen-bond donors (Lipinski definition) is 1. The molecule has 4 nitrogen and oxygen atoms in total. The van der Waals surface area contributed by atoms with Gasteiger partial charge >= 0.3 is 0 Å². The minimum atomic E-state index is 0.660. The van der Waals surface area contributed by atoms with Crippen LogP contribution in [0.5, 0.6) is 0 Å². The second kappa shape index (κ2) is 6.64. The van der Waals surface area contributed by atoms with Crippen molar-refractivity contribution in [2.75, 3.05) is 42.5 Å². The summed E-state index contributed by atoms with van der Waals surface area (Å²) in [5.41, 5.74) is 8.23. The molecule has 2 aromatic rings. The maximum absolute atomic E-state index is 6.17. The molecule has 0 spiro atoms. The van der Waals surface area contributed by atoms with E-state index in [1.54, 1.807) is 11.3 Å². The predicted molar refractivity (Wildman–Crippen MR) is 90.8 cm³/mol. The normalized spacial score (nSPS) is 15.5. The van der Waals surface area contributed by atoms with Crippen molar-refractivity contribution in [2.45, 2.75) is 6.42 Å². The maximum Gasteiger partial charge on any atom is 0.185 e. The van der Waals surface area contributed by atoms with Crippen molar-refractivity contribution in [2.24, 2.45) is 5.73 Å². The van der Waals surface area contributed by atoms with Crippen LogP contribution in [0.3, 0.4) is 0 Å². The number of piperazine rings is 1. The Morgan fingerprint density at radius 1 is 1.19 bits per heavy atom. The van der Waals surface area contributed by atoms with E-state index in [1.165, 1.54) is 11.3 Å². The highest BCUT2D eigenvalue weighted by Crippen LogP contribution is 2.27. The summed E-state index contributed by atoms with van der Waals surface area (Å²) in [7, 11) is 0. The molecule has 0 aliphatic carbocycles. The Morgan fingerprint density at radius 3 is 2.62 bits per heavy atom. The summed E-state index contributed by atoms with van der Waals surface area (Å²) < 4.78 is 0. The number of benzene rings is 1. The first-order valence-corrected chi connectivity index (χ1v) is 8.41. The van der Waals surface area contributed by atoms with Crippen LogP contribution in [0.25, 0.3) is 0 Å². The molecule has 6 heteroatoms. The third-order valence-corrected chi connectivity index (χ3v) is 4.84. The zero-order valence-corrected chi connectivity index (χ0v) is 13.4. The van der Waals surface area contributed by atoms with Crippen molar-refractivity contribution in [3.8, 4) is 0 Å². The Labute approximate surface area is 134 Å². The number of aromatic nitrogens is 1. The molecule has 1 aromatic heterocycles. The van der Waals surface area contributed by atoms with E-state index < -0.39 is 0 Å². The second-order valence-corrected chi connectivity index (χ2v) is 6.41. The third-order valence-electron chi connectivity index (χ3n) is 3.77.